The van der Waals surface area contributed by atoms with Crippen molar-refractivity contribution in [3.63, 3.8) is 0 Å². The number of carboxylic acid groups (broad SMARTS) is 1. The van der Waals surface area contributed by atoms with Gasteiger partial charge in [-0.05, 0) is 12.5 Å². The fourth-order valence-corrected chi connectivity index (χ4v) is 1.58. The molecule has 0 heterocycles. The number of carbonyl (C=O) groups excluding carboxylic acids is 1. The molecule has 5 nitrogen and oxygen atoms in total. The third-order valence-corrected chi connectivity index (χ3v) is 2.43. The summed E-state index contributed by atoms with van der Waals surface area (Å²) in [5.74, 6) is -1.44. The van der Waals surface area contributed by atoms with Gasteiger partial charge in [0.15, 0.2) is 0 Å². The summed E-state index contributed by atoms with van der Waals surface area (Å²) in [5, 5.41) is 8.79. The van der Waals surface area contributed by atoms with E-state index in [2.05, 4.69) is 0 Å². The lowest BCUT2D eigenvalue weighted by Gasteiger charge is -2.15. The van der Waals surface area contributed by atoms with Gasteiger partial charge in [-0.1, -0.05) is 30.3 Å². The summed E-state index contributed by atoms with van der Waals surface area (Å²) in [6, 6.07) is 9.38. The van der Waals surface area contributed by atoms with E-state index in [1.165, 1.54) is 0 Å². The fraction of sp³-hybridized carbons (Fsp3) is 0.429. The van der Waals surface area contributed by atoms with Crippen LogP contribution in [0.5, 0.6) is 0 Å². The minimum atomic E-state index is -0.998. The van der Waals surface area contributed by atoms with Gasteiger partial charge in [0, 0.05) is 0 Å². The molecular formula is C14H18O5. The fourth-order valence-electron chi connectivity index (χ4n) is 1.58. The van der Waals surface area contributed by atoms with E-state index in [9.17, 15) is 9.59 Å². The molecule has 0 amide bonds. The van der Waals surface area contributed by atoms with Crippen LogP contribution in [0.1, 0.15) is 25.3 Å². The number of aliphatic carboxylic acids is 1. The molecule has 0 fully saturated rings. The lowest BCUT2D eigenvalue weighted by atomic mass is 10.2. The van der Waals surface area contributed by atoms with Crippen LogP contribution in [0.15, 0.2) is 30.3 Å². The van der Waals surface area contributed by atoms with E-state index in [1.54, 1.807) is 6.92 Å². The van der Waals surface area contributed by atoms with E-state index >= 15 is 0 Å². The topological polar surface area (TPSA) is 72.8 Å². The first-order chi connectivity index (χ1) is 9.11. The first-order valence-electron chi connectivity index (χ1n) is 6.14. The van der Waals surface area contributed by atoms with E-state index in [0.717, 1.165) is 5.56 Å². The van der Waals surface area contributed by atoms with Crippen LogP contribution in [0.4, 0.5) is 0 Å². The average molecular weight is 266 g/mol. The molecule has 1 N–H and O–H groups in total. The maximum atomic E-state index is 11.4. The van der Waals surface area contributed by atoms with E-state index < -0.39 is 18.0 Å². The predicted molar refractivity (Wildman–Crippen MR) is 68.5 cm³/mol. The highest BCUT2D eigenvalue weighted by Gasteiger charge is 2.18. The van der Waals surface area contributed by atoms with Crippen molar-refractivity contribution in [1.29, 1.82) is 0 Å². The first-order valence-corrected chi connectivity index (χ1v) is 6.14. The third kappa shape index (κ3) is 6.57. The van der Waals surface area contributed by atoms with Crippen molar-refractivity contribution in [2.45, 2.75) is 32.5 Å². The number of rotatable bonds is 8. The zero-order chi connectivity index (χ0) is 14.1. The number of esters is 1. The standard InChI is InChI=1S/C14H18O5/c1-2-18-14(17)9-12(8-13(15)16)19-10-11-6-4-3-5-7-11/h3-7,12H,2,8-10H2,1H3,(H,15,16)/t12-/m0/s1. The van der Waals surface area contributed by atoms with E-state index in [4.69, 9.17) is 14.6 Å². The minimum Gasteiger partial charge on any atom is -0.481 e. The zero-order valence-corrected chi connectivity index (χ0v) is 10.9. The van der Waals surface area contributed by atoms with Crippen LogP contribution >= 0.6 is 0 Å². The Morgan fingerprint density at radius 3 is 2.47 bits per heavy atom. The second-order valence-corrected chi connectivity index (χ2v) is 4.03. The summed E-state index contributed by atoms with van der Waals surface area (Å²) in [6.45, 7) is 2.25. The van der Waals surface area contributed by atoms with Crippen LogP contribution in [-0.2, 0) is 25.7 Å². The molecule has 0 aliphatic rings. The second kappa shape index (κ2) is 8.26. The summed E-state index contributed by atoms with van der Waals surface area (Å²) < 4.78 is 10.3. The molecule has 0 bridgehead atoms. The number of hydrogen-bond donors (Lipinski definition) is 1. The molecule has 5 heteroatoms. The smallest absolute Gasteiger partial charge is 0.308 e. The van der Waals surface area contributed by atoms with Gasteiger partial charge in [-0.3, -0.25) is 9.59 Å². The second-order valence-electron chi connectivity index (χ2n) is 4.03. The zero-order valence-electron chi connectivity index (χ0n) is 10.9. The van der Waals surface area contributed by atoms with Crippen molar-refractivity contribution >= 4 is 11.9 Å². The highest BCUT2D eigenvalue weighted by molar-refractivity contribution is 5.72. The largest absolute Gasteiger partial charge is 0.481 e. The Balaban J connectivity index is 2.49. The minimum absolute atomic E-state index is 0.0486. The molecule has 0 radical (unpaired) electrons. The van der Waals surface area contributed by atoms with E-state index in [0.29, 0.717) is 0 Å². The molecule has 1 aromatic rings. The SMILES string of the molecule is CCOC(=O)C[C@H](CC(=O)O)OCc1ccccc1. The first kappa shape index (κ1) is 15.2. The van der Waals surface area contributed by atoms with Gasteiger partial charge in [0.25, 0.3) is 0 Å². The normalized spacial score (nSPS) is 11.8. The van der Waals surface area contributed by atoms with Gasteiger partial charge in [0.2, 0.25) is 0 Å². The van der Waals surface area contributed by atoms with Gasteiger partial charge in [0.1, 0.15) is 0 Å². The van der Waals surface area contributed by atoms with Crippen LogP contribution in [0.3, 0.4) is 0 Å². The summed E-state index contributed by atoms with van der Waals surface area (Å²) in [4.78, 5) is 22.1. The highest BCUT2D eigenvalue weighted by atomic mass is 16.5. The summed E-state index contributed by atoms with van der Waals surface area (Å²) >= 11 is 0. The van der Waals surface area contributed by atoms with Gasteiger partial charge in [0.05, 0.1) is 32.2 Å². The van der Waals surface area contributed by atoms with Crippen molar-refractivity contribution in [3.05, 3.63) is 35.9 Å². The summed E-state index contributed by atoms with van der Waals surface area (Å²) in [7, 11) is 0. The molecule has 104 valence electrons. The van der Waals surface area contributed by atoms with Crippen LogP contribution in [0.25, 0.3) is 0 Å². The van der Waals surface area contributed by atoms with Gasteiger partial charge in [-0.15, -0.1) is 0 Å². The molecule has 0 unspecified atom stereocenters. The van der Waals surface area contributed by atoms with Crippen molar-refractivity contribution in [1.82, 2.24) is 0 Å². The molecule has 1 atom stereocenters. The Kier molecular flexibility index (Phi) is 6.60. The van der Waals surface area contributed by atoms with Crippen molar-refractivity contribution in [2.24, 2.45) is 0 Å². The van der Waals surface area contributed by atoms with Crippen molar-refractivity contribution in [2.75, 3.05) is 6.61 Å². The van der Waals surface area contributed by atoms with Crippen molar-refractivity contribution in [3.8, 4) is 0 Å². The lowest BCUT2D eigenvalue weighted by Crippen LogP contribution is -2.22. The van der Waals surface area contributed by atoms with Gasteiger partial charge in [-0.25, -0.2) is 0 Å². The summed E-state index contributed by atoms with van der Waals surface area (Å²) in [6.07, 6.45) is -0.935. The molecular weight excluding hydrogens is 248 g/mol. The molecule has 0 aliphatic heterocycles. The van der Waals surface area contributed by atoms with Gasteiger partial charge >= 0.3 is 11.9 Å². The average Bonchev–Trinajstić information content (AvgIpc) is 2.37. The van der Waals surface area contributed by atoms with Crippen LogP contribution < -0.4 is 0 Å². The van der Waals surface area contributed by atoms with Gasteiger partial charge < -0.3 is 14.6 Å². The van der Waals surface area contributed by atoms with Crippen molar-refractivity contribution < 1.29 is 24.2 Å². The Morgan fingerprint density at radius 2 is 1.89 bits per heavy atom. The van der Waals surface area contributed by atoms with Crippen LogP contribution in [-0.4, -0.2) is 29.8 Å². The molecule has 0 aliphatic carbocycles. The number of carboxylic acids is 1. The maximum absolute atomic E-state index is 11.4. The number of ether oxygens (including phenoxy) is 2. The van der Waals surface area contributed by atoms with Crippen LogP contribution in [0, 0.1) is 0 Å². The Morgan fingerprint density at radius 1 is 1.21 bits per heavy atom. The molecule has 19 heavy (non-hydrogen) atoms. The van der Waals surface area contributed by atoms with Gasteiger partial charge in [-0.2, -0.15) is 0 Å². The van der Waals surface area contributed by atoms with E-state index in [1.807, 2.05) is 30.3 Å². The third-order valence-electron chi connectivity index (χ3n) is 2.43. The number of hydrogen-bond acceptors (Lipinski definition) is 4. The molecule has 0 spiro atoms. The Hall–Kier alpha value is -1.88. The maximum Gasteiger partial charge on any atom is 0.308 e. The Labute approximate surface area is 112 Å². The monoisotopic (exact) mass is 266 g/mol. The molecule has 1 aromatic carbocycles. The number of benzene rings is 1. The predicted octanol–water partition coefficient (Wildman–Crippen LogP) is 2.00. The molecule has 0 aromatic heterocycles. The van der Waals surface area contributed by atoms with E-state index in [-0.39, 0.29) is 26.1 Å². The molecule has 0 saturated heterocycles. The lowest BCUT2D eigenvalue weighted by molar-refractivity contribution is -0.149. The summed E-state index contributed by atoms with van der Waals surface area (Å²) in [5.41, 5.74) is 0.932. The highest BCUT2D eigenvalue weighted by Crippen LogP contribution is 2.10. The Bertz CT molecular complexity index is 402. The molecule has 1 rings (SSSR count). The van der Waals surface area contributed by atoms with Crippen LogP contribution in [0.2, 0.25) is 0 Å². The quantitative estimate of drug-likeness (QED) is 0.728. The molecule has 0 saturated carbocycles. The number of carbonyl (C=O) groups is 2.